The van der Waals surface area contributed by atoms with Crippen molar-refractivity contribution in [1.29, 1.82) is 0 Å². The molecule has 1 fully saturated rings. The lowest BCUT2D eigenvalue weighted by Crippen LogP contribution is -2.48. The minimum absolute atomic E-state index is 0.00347. The van der Waals surface area contributed by atoms with Crippen LogP contribution in [0.25, 0.3) is 0 Å². The third-order valence-electron chi connectivity index (χ3n) is 2.47. The van der Waals surface area contributed by atoms with Gasteiger partial charge in [-0.3, -0.25) is 4.79 Å². The molecule has 0 aromatic heterocycles. The van der Waals surface area contributed by atoms with Crippen molar-refractivity contribution in [1.82, 2.24) is 5.32 Å². The number of thioether (sulfide) groups is 1. The average Bonchev–Trinajstić information content (AvgIpc) is 2.24. The van der Waals surface area contributed by atoms with Crippen molar-refractivity contribution in [2.24, 2.45) is 0 Å². The molecule has 86 valence electrons. The van der Waals surface area contributed by atoms with Gasteiger partial charge in [-0.2, -0.15) is 11.8 Å². The van der Waals surface area contributed by atoms with Gasteiger partial charge in [0.15, 0.2) is 0 Å². The molecule has 1 N–H and O–H groups in total. The van der Waals surface area contributed by atoms with E-state index in [-0.39, 0.29) is 11.9 Å². The van der Waals surface area contributed by atoms with Crippen LogP contribution in [0.1, 0.15) is 15.9 Å². The maximum Gasteiger partial charge on any atom is 0.251 e. The van der Waals surface area contributed by atoms with Crippen LogP contribution < -0.4 is 5.32 Å². The largest absolute Gasteiger partial charge is 0.377 e. The molecule has 16 heavy (non-hydrogen) atoms. The average molecular weight is 237 g/mol. The van der Waals surface area contributed by atoms with E-state index in [2.05, 4.69) is 11.6 Å². The Morgan fingerprint density at radius 2 is 2.38 bits per heavy atom. The fraction of sp³-hybridized carbons (Fsp3) is 0.417. The molecule has 3 nitrogen and oxygen atoms in total. The molecule has 1 aromatic carbocycles. The predicted molar refractivity (Wildman–Crippen MR) is 65.7 cm³/mol. The molecular formula is C12H15NO2S. The highest BCUT2D eigenvalue weighted by Gasteiger charge is 2.20. The molecule has 0 atom stereocenters. The van der Waals surface area contributed by atoms with E-state index in [1.807, 2.05) is 24.3 Å². The van der Waals surface area contributed by atoms with Crippen LogP contribution in [0.2, 0.25) is 0 Å². The van der Waals surface area contributed by atoms with Gasteiger partial charge in [-0.15, -0.1) is 0 Å². The Balaban J connectivity index is 2.00. The molecule has 1 heterocycles. The molecule has 1 aliphatic rings. The third-order valence-corrected chi connectivity index (χ3v) is 3.10. The summed E-state index contributed by atoms with van der Waals surface area (Å²) in [5.74, 6) is 0.935. The second-order valence-electron chi connectivity index (χ2n) is 3.84. The molecule has 1 aliphatic heterocycles. The van der Waals surface area contributed by atoms with Crippen molar-refractivity contribution in [2.75, 3.05) is 19.5 Å². The van der Waals surface area contributed by atoms with Gasteiger partial charge in [0.25, 0.3) is 5.91 Å². The van der Waals surface area contributed by atoms with Crippen molar-refractivity contribution in [3.8, 4) is 0 Å². The molecule has 2 rings (SSSR count). The fourth-order valence-electron chi connectivity index (χ4n) is 1.56. The molecule has 0 unspecified atom stereocenters. The molecule has 0 saturated carbocycles. The number of rotatable bonds is 4. The number of ether oxygens (including phenoxy) is 1. The zero-order chi connectivity index (χ0) is 11.4. The zero-order valence-corrected chi connectivity index (χ0v) is 10.0. The summed E-state index contributed by atoms with van der Waals surface area (Å²) in [6.45, 7) is 1.27. The van der Waals surface area contributed by atoms with E-state index in [1.54, 1.807) is 11.8 Å². The number of hydrogen-bond donors (Lipinski definition) is 1. The molecule has 0 radical (unpaired) electrons. The maximum atomic E-state index is 11.8. The van der Waals surface area contributed by atoms with Crippen LogP contribution in [-0.2, 0) is 10.5 Å². The van der Waals surface area contributed by atoms with Gasteiger partial charge in [0.2, 0.25) is 0 Å². The van der Waals surface area contributed by atoms with Crippen molar-refractivity contribution < 1.29 is 9.53 Å². The monoisotopic (exact) mass is 237 g/mol. The molecule has 1 saturated heterocycles. The molecule has 0 spiro atoms. The molecule has 1 amide bonds. The lowest BCUT2D eigenvalue weighted by molar-refractivity contribution is -0.00346. The van der Waals surface area contributed by atoms with Gasteiger partial charge in [0.1, 0.15) is 0 Å². The van der Waals surface area contributed by atoms with E-state index in [0.29, 0.717) is 13.2 Å². The summed E-state index contributed by atoms with van der Waals surface area (Å²) >= 11 is 1.75. The summed E-state index contributed by atoms with van der Waals surface area (Å²) < 4.78 is 5.02. The fourth-order valence-corrected chi connectivity index (χ4v) is 2.07. The van der Waals surface area contributed by atoms with Crippen LogP contribution in [0.5, 0.6) is 0 Å². The van der Waals surface area contributed by atoms with Gasteiger partial charge >= 0.3 is 0 Å². The lowest BCUT2D eigenvalue weighted by Gasteiger charge is -2.26. The van der Waals surface area contributed by atoms with E-state index in [0.717, 1.165) is 11.3 Å². The Labute approximate surface area is 99.6 Å². The van der Waals surface area contributed by atoms with Crippen LogP contribution in [0.15, 0.2) is 24.3 Å². The van der Waals surface area contributed by atoms with E-state index >= 15 is 0 Å². The Hall–Kier alpha value is -1.00. The lowest BCUT2D eigenvalue weighted by atomic mass is 10.1. The van der Waals surface area contributed by atoms with Gasteiger partial charge < -0.3 is 10.1 Å². The van der Waals surface area contributed by atoms with Gasteiger partial charge in [-0.05, 0) is 24.0 Å². The van der Waals surface area contributed by atoms with Crippen LogP contribution in [0.4, 0.5) is 0 Å². The quantitative estimate of drug-likeness (QED) is 0.866. The number of hydrogen-bond acceptors (Lipinski definition) is 3. The first-order chi connectivity index (χ1) is 7.79. The molecule has 1 aromatic rings. The highest BCUT2D eigenvalue weighted by molar-refractivity contribution is 7.97. The van der Waals surface area contributed by atoms with Crippen molar-refractivity contribution in [3.63, 3.8) is 0 Å². The Morgan fingerprint density at radius 3 is 3.00 bits per heavy atom. The molecular weight excluding hydrogens is 222 g/mol. The van der Waals surface area contributed by atoms with Gasteiger partial charge in [-0.25, -0.2) is 0 Å². The first-order valence-electron chi connectivity index (χ1n) is 5.26. The van der Waals surface area contributed by atoms with Crippen LogP contribution in [0, 0.1) is 0 Å². The van der Waals surface area contributed by atoms with Gasteiger partial charge in [0.05, 0.1) is 19.3 Å². The minimum atomic E-state index is -0.00347. The van der Waals surface area contributed by atoms with E-state index in [1.165, 1.54) is 5.56 Å². The SMILES string of the molecule is CSCc1cccc(C(=O)NC2COC2)c1. The summed E-state index contributed by atoms with van der Waals surface area (Å²) in [7, 11) is 0. The summed E-state index contributed by atoms with van der Waals surface area (Å²) in [4.78, 5) is 11.8. The number of benzene rings is 1. The van der Waals surface area contributed by atoms with Crippen LogP contribution >= 0.6 is 11.8 Å². The first-order valence-corrected chi connectivity index (χ1v) is 6.65. The third kappa shape index (κ3) is 2.77. The second-order valence-corrected chi connectivity index (χ2v) is 4.71. The Morgan fingerprint density at radius 1 is 1.56 bits per heavy atom. The topological polar surface area (TPSA) is 38.3 Å². The second kappa shape index (κ2) is 5.37. The minimum Gasteiger partial charge on any atom is -0.377 e. The highest BCUT2D eigenvalue weighted by Crippen LogP contribution is 2.12. The normalized spacial score (nSPS) is 15.6. The van der Waals surface area contributed by atoms with Crippen LogP contribution in [0.3, 0.4) is 0 Å². The zero-order valence-electron chi connectivity index (χ0n) is 9.23. The van der Waals surface area contributed by atoms with E-state index < -0.39 is 0 Å². The molecule has 4 heteroatoms. The summed E-state index contributed by atoms with van der Waals surface area (Å²) in [5.41, 5.74) is 1.92. The summed E-state index contributed by atoms with van der Waals surface area (Å²) in [6.07, 6.45) is 2.05. The van der Waals surface area contributed by atoms with Crippen molar-refractivity contribution >= 4 is 17.7 Å². The Bertz CT molecular complexity index is 377. The number of carbonyl (C=O) groups is 1. The Kier molecular flexibility index (Phi) is 3.85. The number of nitrogens with one attached hydrogen (secondary N) is 1. The van der Waals surface area contributed by atoms with Crippen molar-refractivity contribution in [3.05, 3.63) is 35.4 Å². The van der Waals surface area contributed by atoms with Gasteiger partial charge in [0, 0.05) is 11.3 Å². The van der Waals surface area contributed by atoms with Crippen LogP contribution in [-0.4, -0.2) is 31.4 Å². The number of carbonyl (C=O) groups excluding carboxylic acids is 1. The van der Waals surface area contributed by atoms with Gasteiger partial charge in [-0.1, -0.05) is 12.1 Å². The van der Waals surface area contributed by atoms with E-state index in [9.17, 15) is 4.79 Å². The smallest absolute Gasteiger partial charge is 0.251 e. The van der Waals surface area contributed by atoms with Crippen molar-refractivity contribution in [2.45, 2.75) is 11.8 Å². The number of amides is 1. The summed E-state index contributed by atoms with van der Waals surface area (Å²) in [6, 6.07) is 7.96. The molecule has 0 aliphatic carbocycles. The predicted octanol–water partition coefficient (Wildman–Crippen LogP) is 1.68. The maximum absolute atomic E-state index is 11.8. The first kappa shape index (κ1) is 11.5. The summed E-state index contributed by atoms with van der Waals surface area (Å²) in [5, 5.41) is 2.93. The standard InChI is InChI=1S/C12H15NO2S/c1-16-8-9-3-2-4-10(5-9)12(14)13-11-6-15-7-11/h2-5,11H,6-8H2,1H3,(H,13,14). The van der Waals surface area contributed by atoms with E-state index in [4.69, 9.17) is 4.74 Å². The highest BCUT2D eigenvalue weighted by atomic mass is 32.2. The molecule has 0 bridgehead atoms.